The second-order valence-electron chi connectivity index (χ2n) is 3.70. The molecule has 0 saturated heterocycles. The van der Waals surface area contributed by atoms with Gasteiger partial charge in [-0.25, -0.2) is 15.0 Å². The third kappa shape index (κ3) is 2.45. The molecule has 17 heavy (non-hydrogen) atoms. The molecule has 2 rings (SSSR count). The standard InChI is InChI=1S/C10H11N5O2/c1-14(2)13-10-11-6-7-5-8(15(16)17)3-4-9(7)12-10/h3-6H,1-2H3,(H,11,12,13). The van der Waals surface area contributed by atoms with Crippen LogP contribution in [0.3, 0.4) is 0 Å². The largest absolute Gasteiger partial charge is 0.287 e. The zero-order valence-corrected chi connectivity index (χ0v) is 9.41. The first kappa shape index (κ1) is 11.2. The van der Waals surface area contributed by atoms with Gasteiger partial charge in [0.15, 0.2) is 0 Å². The average molecular weight is 233 g/mol. The number of benzene rings is 1. The topological polar surface area (TPSA) is 84.2 Å². The summed E-state index contributed by atoms with van der Waals surface area (Å²) < 4.78 is 0. The number of nitro benzene ring substituents is 1. The van der Waals surface area contributed by atoms with Crippen LogP contribution < -0.4 is 5.43 Å². The highest BCUT2D eigenvalue weighted by Crippen LogP contribution is 2.19. The zero-order chi connectivity index (χ0) is 12.4. The second kappa shape index (κ2) is 4.30. The van der Waals surface area contributed by atoms with Crippen molar-refractivity contribution in [2.24, 2.45) is 0 Å². The lowest BCUT2D eigenvalue weighted by molar-refractivity contribution is -0.384. The van der Waals surface area contributed by atoms with Gasteiger partial charge in [-0.2, -0.15) is 0 Å². The van der Waals surface area contributed by atoms with Gasteiger partial charge in [0, 0.05) is 37.8 Å². The van der Waals surface area contributed by atoms with Crippen LogP contribution in [0, 0.1) is 10.1 Å². The van der Waals surface area contributed by atoms with Gasteiger partial charge in [-0.1, -0.05) is 0 Å². The molecule has 0 radical (unpaired) electrons. The molecule has 7 nitrogen and oxygen atoms in total. The first-order valence-electron chi connectivity index (χ1n) is 4.91. The number of nitro groups is 1. The van der Waals surface area contributed by atoms with Crippen molar-refractivity contribution < 1.29 is 4.92 Å². The van der Waals surface area contributed by atoms with Gasteiger partial charge in [-0.15, -0.1) is 0 Å². The number of nitrogens with zero attached hydrogens (tertiary/aromatic N) is 4. The number of rotatable bonds is 3. The van der Waals surface area contributed by atoms with E-state index in [0.29, 0.717) is 16.9 Å². The minimum atomic E-state index is -0.439. The molecule has 0 saturated carbocycles. The van der Waals surface area contributed by atoms with E-state index in [-0.39, 0.29) is 5.69 Å². The Morgan fingerprint density at radius 3 is 2.82 bits per heavy atom. The molecule has 1 aromatic heterocycles. The lowest BCUT2D eigenvalue weighted by atomic mass is 10.2. The van der Waals surface area contributed by atoms with E-state index in [2.05, 4.69) is 15.4 Å². The third-order valence-corrected chi connectivity index (χ3v) is 2.10. The number of hydrazine groups is 1. The Morgan fingerprint density at radius 2 is 2.18 bits per heavy atom. The summed E-state index contributed by atoms with van der Waals surface area (Å²) >= 11 is 0. The highest BCUT2D eigenvalue weighted by molar-refractivity contribution is 5.81. The van der Waals surface area contributed by atoms with Gasteiger partial charge in [0.2, 0.25) is 5.95 Å². The molecule has 0 amide bonds. The molecule has 0 aliphatic carbocycles. The molecule has 88 valence electrons. The minimum Gasteiger partial charge on any atom is -0.287 e. The maximum atomic E-state index is 10.6. The molecular weight excluding hydrogens is 222 g/mol. The maximum absolute atomic E-state index is 10.6. The van der Waals surface area contributed by atoms with Gasteiger partial charge in [0.05, 0.1) is 10.4 Å². The van der Waals surface area contributed by atoms with E-state index in [0.717, 1.165) is 0 Å². The summed E-state index contributed by atoms with van der Waals surface area (Å²) in [7, 11) is 3.65. The van der Waals surface area contributed by atoms with Crippen LogP contribution in [0.2, 0.25) is 0 Å². The summed E-state index contributed by atoms with van der Waals surface area (Å²) in [6.45, 7) is 0. The van der Waals surface area contributed by atoms with Crippen LogP contribution in [-0.4, -0.2) is 34.0 Å². The molecule has 1 heterocycles. The smallest absolute Gasteiger partial charge is 0.270 e. The summed E-state index contributed by atoms with van der Waals surface area (Å²) in [5, 5.41) is 13.0. The number of hydrogen-bond donors (Lipinski definition) is 1. The first-order valence-corrected chi connectivity index (χ1v) is 4.91. The molecule has 0 fully saturated rings. The molecular formula is C10H11N5O2. The monoisotopic (exact) mass is 233 g/mol. The third-order valence-electron chi connectivity index (χ3n) is 2.10. The van der Waals surface area contributed by atoms with E-state index >= 15 is 0 Å². The molecule has 0 aliphatic heterocycles. The highest BCUT2D eigenvalue weighted by atomic mass is 16.6. The average Bonchev–Trinajstić information content (AvgIpc) is 2.27. The molecule has 2 aromatic rings. The second-order valence-corrected chi connectivity index (χ2v) is 3.70. The van der Waals surface area contributed by atoms with E-state index in [9.17, 15) is 10.1 Å². The summed E-state index contributed by atoms with van der Waals surface area (Å²) in [6.07, 6.45) is 1.56. The Morgan fingerprint density at radius 1 is 1.41 bits per heavy atom. The van der Waals surface area contributed by atoms with Crippen LogP contribution in [0.1, 0.15) is 0 Å². The fourth-order valence-corrected chi connectivity index (χ4v) is 1.39. The molecule has 1 N–H and O–H groups in total. The molecule has 0 atom stereocenters. The van der Waals surface area contributed by atoms with Gasteiger partial charge >= 0.3 is 0 Å². The van der Waals surface area contributed by atoms with Gasteiger partial charge in [-0.05, 0) is 6.07 Å². The van der Waals surface area contributed by atoms with Crippen LogP contribution in [0.15, 0.2) is 24.4 Å². The Bertz CT molecular complexity index is 570. The van der Waals surface area contributed by atoms with Crippen molar-refractivity contribution >= 4 is 22.5 Å². The Kier molecular flexibility index (Phi) is 2.84. The Labute approximate surface area is 97.2 Å². The Hall–Kier alpha value is -2.28. The molecule has 0 unspecified atom stereocenters. The van der Waals surface area contributed by atoms with E-state index in [1.807, 2.05) is 14.1 Å². The molecule has 0 spiro atoms. The number of hydrogen-bond acceptors (Lipinski definition) is 6. The first-order chi connectivity index (χ1) is 8.06. The van der Waals surface area contributed by atoms with Gasteiger partial charge in [0.25, 0.3) is 5.69 Å². The summed E-state index contributed by atoms with van der Waals surface area (Å²) in [5.41, 5.74) is 3.61. The Balaban J connectivity index is 2.43. The maximum Gasteiger partial charge on any atom is 0.270 e. The molecule has 0 bridgehead atoms. The van der Waals surface area contributed by atoms with E-state index in [1.54, 1.807) is 17.3 Å². The normalized spacial score (nSPS) is 10.8. The summed E-state index contributed by atoms with van der Waals surface area (Å²) in [5.74, 6) is 0.455. The van der Waals surface area contributed by atoms with E-state index in [1.165, 1.54) is 12.1 Å². The van der Waals surface area contributed by atoms with Crippen LogP contribution in [0.5, 0.6) is 0 Å². The van der Waals surface area contributed by atoms with Crippen LogP contribution in [0.25, 0.3) is 10.9 Å². The van der Waals surface area contributed by atoms with E-state index in [4.69, 9.17) is 0 Å². The van der Waals surface area contributed by atoms with Crippen molar-refractivity contribution in [2.75, 3.05) is 19.5 Å². The number of nitrogens with one attached hydrogen (secondary N) is 1. The van der Waals surface area contributed by atoms with Gasteiger partial charge in [-0.3, -0.25) is 15.5 Å². The lowest BCUT2D eigenvalue weighted by Gasteiger charge is -2.11. The van der Waals surface area contributed by atoms with Crippen molar-refractivity contribution in [1.82, 2.24) is 15.0 Å². The van der Waals surface area contributed by atoms with Crippen LogP contribution in [0.4, 0.5) is 11.6 Å². The fourth-order valence-electron chi connectivity index (χ4n) is 1.39. The van der Waals surface area contributed by atoms with Crippen molar-refractivity contribution in [3.05, 3.63) is 34.5 Å². The van der Waals surface area contributed by atoms with Crippen molar-refractivity contribution in [3.63, 3.8) is 0 Å². The highest BCUT2D eigenvalue weighted by Gasteiger charge is 2.07. The number of anilines is 1. The van der Waals surface area contributed by atoms with Crippen molar-refractivity contribution in [1.29, 1.82) is 0 Å². The number of fused-ring (bicyclic) bond motifs is 1. The SMILES string of the molecule is CN(C)Nc1ncc2cc([N+](=O)[O-])ccc2n1. The summed E-state index contributed by atoms with van der Waals surface area (Å²) in [6, 6.07) is 4.49. The summed E-state index contributed by atoms with van der Waals surface area (Å²) in [4.78, 5) is 18.5. The minimum absolute atomic E-state index is 0.0365. The quantitative estimate of drug-likeness (QED) is 0.637. The zero-order valence-electron chi connectivity index (χ0n) is 9.41. The fraction of sp³-hybridized carbons (Fsp3) is 0.200. The predicted octanol–water partition coefficient (Wildman–Crippen LogP) is 1.43. The lowest BCUT2D eigenvalue weighted by Crippen LogP contribution is -2.21. The van der Waals surface area contributed by atoms with Crippen LogP contribution in [-0.2, 0) is 0 Å². The van der Waals surface area contributed by atoms with Crippen molar-refractivity contribution in [3.8, 4) is 0 Å². The molecule has 0 aliphatic rings. The van der Waals surface area contributed by atoms with Crippen LogP contribution >= 0.6 is 0 Å². The predicted molar refractivity (Wildman–Crippen MR) is 63.5 cm³/mol. The van der Waals surface area contributed by atoms with E-state index < -0.39 is 4.92 Å². The van der Waals surface area contributed by atoms with Gasteiger partial charge in [0.1, 0.15) is 0 Å². The van der Waals surface area contributed by atoms with Crippen molar-refractivity contribution in [2.45, 2.75) is 0 Å². The number of non-ortho nitro benzene ring substituents is 1. The molecule has 7 heteroatoms. The molecule has 1 aromatic carbocycles. The van der Waals surface area contributed by atoms with Gasteiger partial charge < -0.3 is 0 Å². The number of aromatic nitrogens is 2.